The maximum Gasteiger partial charge on any atom is 0.223 e. The predicted molar refractivity (Wildman–Crippen MR) is 108 cm³/mol. The van der Waals surface area contributed by atoms with E-state index in [4.69, 9.17) is 4.84 Å². The lowest BCUT2D eigenvalue weighted by atomic mass is 9.90. The summed E-state index contributed by atoms with van der Waals surface area (Å²) in [4.78, 5) is 27.6. The van der Waals surface area contributed by atoms with Crippen molar-refractivity contribution in [1.29, 1.82) is 0 Å². The Hall–Kier alpha value is -1.67. The van der Waals surface area contributed by atoms with Crippen LogP contribution in [0, 0.1) is 18.8 Å². The molecule has 152 valence electrons. The van der Waals surface area contributed by atoms with E-state index in [1.54, 1.807) is 11.3 Å². The van der Waals surface area contributed by atoms with E-state index in [0.717, 1.165) is 74.9 Å². The Morgan fingerprint density at radius 1 is 1.29 bits per heavy atom. The first kappa shape index (κ1) is 18.4. The minimum absolute atomic E-state index is 0.156. The van der Waals surface area contributed by atoms with Gasteiger partial charge in [0.05, 0.1) is 16.6 Å². The maximum absolute atomic E-state index is 12.4. The van der Waals surface area contributed by atoms with Gasteiger partial charge in [-0.25, -0.2) is 4.98 Å². The maximum atomic E-state index is 12.4. The first-order valence-corrected chi connectivity index (χ1v) is 11.5. The number of aromatic nitrogens is 1. The normalized spacial score (nSPS) is 28.6. The third-order valence-corrected chi connectivity index (χ3v) is 7.47. The van der Waals surface area contributed by atoms with Crippen LogP contribution in [0.25, 0.3) is 0 Å². The van der Waals surface area contributed by atoms with Gasteiger partial charge in [-0.05, 0) is 39.0 Å². The molecule has 1 N–H and O–H groups in total. The second-order valence-corrected chi connectivity index (χ2v) is 9.71. The number of carbonyl (C=O) groups is 1. The van der Waals surface area contributed by atoms with Gasteiger partial charge >= 0.3 is 0 Å². The van der Waals surface area contributed by atoms with E-state index in [9.17, 15) is 4.79 Å². The molecular weight excluding hydrogens is 374 g/mol. The number of hydrogen-bond donors (Lipinski definition) is 1. The van der Waals surface area contributed by atoms with Crippen LogP contribution in [0.2, 0.25) is 0 Å². The van der Waals surface area contributed by atoms with Gasteiger partial charge in [0, 0.05) is 50.1 Å². The minimum Gasteiger partial charge on any atom is -0.389 e. The van der Waals surface area contributed by atoms with Crippen LogP contribution in [-0.4, -0.2) is 64.9 Å². The van der Waals surface area contributed by atoms with E-state index in [2.05, 4.69) is 37.6 Å². The highest BCUT2D eigenvalue weighted by atomic mass is 32.1. The van der Waals surface area contributed by atoms with Crippen LogP contribution in [0.1, 0.15) is 42.8 Å². The van der Waals surface area contributed by atoms with Gasteiger partial charge in [0.25, 0.3) is 0 Å². The zero-order chi connectivity index (χ0) is 19.1. The molecule has 0 aromatic carbocycles. The number of oxime groups is 1. The SMILES string of the molecule is Cc1nc(CN2C[C@@H]3C(N4CCC(C(=O)NC5CCC5)CC4)=NO[C@@H]3C2)cs1. The van der Waals surface area contributed by atoms with E-state index >= 15 is 0 Å². The average molecular weight is 404 g/mol. The summed E-state index contributed by atoms with van der Waals surface area (Å²) in [5.74, 6) is 1.86. The summed E-state index contributed by atoms with van der Waals surface area (Å²) in [7, 11) is 0. The van der Waals surface area contributed by atoms with E-state index in [1.165, 1.54) is 6.42 Å². The molecule has 28 heavy (non-hydrogen) atoms. The first-order valence-electron chi connectivity index (χ1n) is 10.6. The Kier molecular flexibility index (Phi) is 5.00. The van der Waals surface area contributed by atoms with Crippen molar-refractivity contribution in [2.75, 3.05) is 26.2 Å². The highest BCUT2D eigenvalue weighted by Crippen LogP contribution is 2.31. The number of likely N-dealkylation sites (tertiary alicyclic amines) is 2. The van der Waals surface area contributed by atoms with Gasteiger partial charge in [-0.2, -0.15) is 0 Å². The molecule has 0 unspecified atom stereocenters. The fourth-order valence-electron chi connectivity index (χ4n) is 4.77. The average Bonchev–Trinajstić information content (AvgIpc) is 3.34. The van der Waals surface area contributed by atoms with Crippen LogP contribution in [-0.2, 0) is 16.2 Å². The molecule has 0 bridgehead atoms. The Morgan fingerprint density at radius 3 is 2.79 bits per heavy atom. The zero-order valence-corrected chi connectivity index (χ0v) is 17.3. The standard InChI is InChI=1S/C20H29N5O2S/c1-13-21-16(12-28-13)9-24-10-17-18(11-24)27-23-19(17)25-7-5-14(6-8-25)20(26)22-15-3-2-4-15/h12,14-15,17-18H,2-11H2,1H3,(H,22,26)/t17-,18+/m0/s1. The van der Waals surface area contributed by atoms with Crippen LogP contribution in [0.15, 0.2) is 10.5 Å². The topological polar surface area (TPSA) is 70.1 Å². The molecule has 4 aliphatic rings. The molecule has 1 saturated carbocycles. The van der Waals surface area contributed by atoms with Crippen molar-refractivity contribution in [1.82, 2.24) is 20.1 Å². The smallest absolute Gasteiger partial charge is 0.223 e. The molecule has 4 heterocycles. The number of carbonyl (C=O) groups excluding carboxylic acids is 1. The summed E-state index contributed by atoms with van der Waals surface area (Å²) in [5.41, 5.74) is 1.15. The lowest BCUT2D eigenvalue weighted by molar-refractivity contribution is -0.127. The Morgan fingerprint density at radius 2 is 2.11 bits per heavy atom. The number of thiazole rings is 1. The monoisotopic (exact) mass is 403 g/mol. The van der Waals surface area contributed by atoms with Crippen molar-refractivity contribution in [2.45, 2.75) is 57.7 Å². The summed E-state index contributed by atoms with van der Waals surface area (Å²) < 4.78 is 0. The third kappa shape index (κ3) is 3.64. The molecule has 2 saturated heterocycles. The van der Waals surface area contributed by atoms with Gasteiger partial charge in [-0.15, -0.1) is 11.3 Å². The van der Waals surface area contributed by atoms with Crippen LogP contribution in [0.3, 0.4) is 0 Å². The van der Waals surface area contributed by atoms with Crippen molar-refractivity contribution < 1.29 is 9.63 Å². The Labute approximate surface area is 170 Å². The molecule has 2 atom stereocenters. The number of rotatable bonds is 4. The molecule has 0 spiro atoms. The van der Waals surface area contributed by atoms with E-state index < -0.39 is 0 Å². The molecule has 7 nitrogen and oxygen atoms in total. The number of nitrogens with zero attached hydrogens (tertiary/aromatic N) is 4. The number of fused-ring (bicyclic) bond motifs is 1. The van der Waals surface area contributed by atoms with Crippen molar-refractivity contribution in [3.63, 3.8) is 0 Å². The minimum atomic E-state index is 0.156. The van der Waals surface area contributed by atoms with Crippen molar-refractivity contribution in [2.24, 2.45) is 17.0 Å². The zero-order valence-electron chi connectivity index (χ0n) is 16.5. The van der Waals surface area contributed by atoms with Gasteiger partial charge < -0.3 is 15.1 Å². The van der Waals surface area contributed by atoms with Crippen LogP contribution >= 0.6 is 11.3 Å². The summed E-state index contributed by atoms with van der Waals surface area (Å²) in [6.45, 7) is 6.63. The van der Waals surface area contributed by atoms with Crippen molar-refractivity contribution in [3.05, 3.63) is 16.1 Å². The van der Waals surface area contributed by atoms with Gasteiger partial charge in [0.1, 0.15) is 0 Å². The van der Waals surface area contributed by atoms with Crippen molar-refractivity contribution in [3.8, 4) is 0 Å². The number of piperidine rings is 1. The molecule has 3 aliphatic heterocycles. The summed E-state index contributed by atoms with van der Waals surface area (Å²) in [5, 5.41) is 10.9. The fraction of sp³-hybridized carbons (Fsp3) is 0.750. The molecule has 5 rings (SSSR count). The Balaban J connectivity index is 1.13. The molecular formula is C20H29N5O2S. The molecule has 1 aromatic heterocycles. The van der Waals surface area contributed by atoms with Gasteiger partial charge in [0.2, 0.25) is 5.91 Å². The van der Waals surface area contributed by atoms with Gasteiger partial charge in [0.15, 0.2) is 11.9 Å². The van der Waals surface area contributed by atoms with Crippen LogP contribution in [0.4, 0.5) is 0 Å². The summed E-state index contributed by atoms with van der Waals surface area (Å²) in [6, 6.07) is 0.435. The van der Waals surface area contributed by atoms with Crippen LogP contribution in [0.5, 0.6) is 0 Å². The largest absolute Gasteiger partial charge is 0.389 e. The second-order valence-electron chi connectivity index (χ2n) is 8.65. The van der Waals surface area contributed by atoms with E-state index in [1.807, 2.05) is 0 Å². The van der Waals surface area contributed by atoms with Crippen molar-refractivity contribution >= 4 is 23.1 Å². The first-order chi connectivity index (χ1) is 13.7. The van der Waals surface area contributed by atoms with Crippen LogP contribution < -0.4 is 5.32 Å². The number of amidine groups is 1. The summed E-state index contributed by atoms with van der Waals surface area (Å²) >= 11 is 1.71. The Bertz CT molecular complexity index is 754. The van der Waals surface area contributed by atoms with Gasteiger partial charge in [-0.3, -0.25) is 9.69 Å². The van der Waals surface area contributed by atoms with E-state index in [0.29, 0.717) is 12.0 Å². The predicted octanol–water partition coefficient (Wildman–Crippen LogP) is 1.98. The fourth-order valence-corrected chi connectivity index (χ4v) is 5.37. The summed E-state index contributed by atoms with van der Waals surface area (Å²) in [6.07, 6.45) is 5.55. The molecule has 8 heteroatoms. The second kappa shape index (κ2) is 7.63. The van der Waals surface area contributed by atoms with Gasteiger partial charge in [-0.1, -0.05) is 5.16 Å². The molecule has 1 aliphatic carbocycles. The molecule has 1 aromatic rings. The highest BCUT2D eigenvalue weighted by Gasteiger charge is 2.45. The number of aryl methyl sites for hydroxylation is 1. The lowest BCUT2D eigenvalue weighted by Crippen LogP contribution is -2.48. The quantitative estimate of drug-likeness (QED) is 0.832. The molecule has 0 radical (unpaired) electrons. The van der Waals surface area contributed by atoms with E-state index in [-0.39, 0.29) is 17.9 Å². The number of nitrogens with one attached hydrogen (secondary N) is 1. The lowest BCUT2D eigenvalue weighted by Gasteiger charge is -2.35. The molecule has 1 amide bonds. The highest BCUT2D eigenvalue weighted by molar-refractivity contribution is 7.09. The number of hydrogen-bond acceptors (Lipinski definition) is 7. The third-order valence-electron chi connectivity index (χ3n) is 6.65. The molecule has 3 fully saturated rings. The number of amides is 1.